The van der Waals surface area contributed by atoms with Crippen molar-refractivity contribution in [2.45, 2.75) is 38.8 Å². The Morgan fingerprint density at radius 2 is 2.28 bits per heavy atom. The molecule has 0 bridgehead atoms. The summed E-state index contributed by atoms with van der Waals surface area (Å²) < 4.78 is 0.991. The minimum atomic E-state index is -0.865. The number of hydrogen-bond acceptors (Lipinski definition) is 2. The van der Waals surface area contributed by atoms with Crippen LogP contribution >= 0.6 is 15.9 Å². The van der Waals surface area contributed by atoms with Crippen LogP contribution in [0.3, 0.4) is 0 Å². The van der Waals surface area contributed by atoms with Crippen molar-refractivity contribution < 1.29 is 9.90 Å². The normalized spacial score (nSPS) is 20.9. The van der Waals surface area contributed by atoms with Gasteiger partial charge in [0.05, 0.1) is 5.56 Å². The molecule has 1 atom stereocenters. The highest BCUT2D eigenvalue weighted by Gasteiger charge is 2.19. The summed E-state index contributed by atoms with van der Waals surface area (Å²) in [5, 5.41) is 9.03. The Morgan fingerprint density at radius 1 is 1.50 bits per heavy atom. The molecule has 1 aliphatic rings. The second-order valence-electron chi connectivity index (χ2n) is 4.93. The topological polar surface area (TPSA) is 40.5 Å². The zero-order chi connectivity index (χ0) is 13.1. The van der Waals surface area contributed by atoms with Crippen LogP contribution in [0.25, 0.3) is 0 Å². The van der Waals surface area contributed by atoms with Gasteiger partial charge in [-0.1, -0.05) is 22.4 Å². The van der Waals surface area contributed by atoms with E-state index in [9.17, 15) is 4.79 Å². The lowest BCUT2D eigenvalue weighted by Gasteiger charge is -2.33. The standard InChI is InChI=1S/C14H18BrNO2/c1-10-4-2-3-7-16(10)9-12-8-11(14(17)18)5-6-13(12)15/h5-6,8,10H,2-4,7,9H2,1H3,(H,17,18). The predicted molar refractivity (Wildman–Crippen MR) is 74.8 cm³/mol. The Morgan fingerprint density at radius 3 is 2.94 bits per heavy atom. The van der Waals surface area contributed by atoms with Crippen LogP contribution in [0.5, 0.6) is 0 Å². The number of benzene rings is 1. The molecule has 0 aromatic heterocycles. The van der Waals surface area contributed by atoms with Crippen molar-refractivity contribution in [2.75, 3.05) is 6.54 Å². The first kappa shape index (κ1) is 13.6. The maximum absolute atomic E-state index is 11.0. The molecule has 2 rings (SSSR count). The van der Waals surface area contributed by atoms with Crippen LogP contribution in [0.4, 0.5) is 0 Å². The SMILES string of the molecule is CC1CCCCN1Cc1cc(C(=O)O)ccc1Br. The average Bonchev–Trinajstić information content (AvgIpc) is 2.34. The number of nitrogens with zero attached hydrogens (tertiary/aromatic N) is 1. The van der Waals surface area contributed by atoms with Gasteiger partial charge < -0.3 is 5.11 Å². The van der Waals surface area contributed by atoms with E-state index in [-0.39, 0.29) is 0 Å². The molecular formula is C14H18BrNO2. The van der Waals surface area contributed by atoms with Gasteiger partial charge in [0.1, 0.15) is 0 Å². The Balaban J connectivity index is 2.17. The molecule has 1 aromatic rings. The molecule has 4 heteroatoms. The van der Waals surface area contributed by atoms with E-state index in [4.69, 9.17) is 5.11 Å². The zero-order valence-electron chi connectivity index (χ0n) is 10.5. The Labute approximate surface area is 116 Å². The smallest absolute Gasteiger partial charge is 0.335 e. The van der Waals surface area contributed by atoms with Crippen LogP contribution in [0.2, 0.25) is 0 Å². The quantitative estimate of drug-likeness (QED) is 0.928. The summed E-state index contributed by atoms with van der Waals surface area (Å²) in [6.45, 7) is 4.17. The maximum Gasteiger partial charge on any atom is 0.335 e. The third kappa shape index (κ3) is 3.12. The van der Waals surface area contributed by atoms with Crippen molar-refractivity contribution in [1.29, 1.82) is 0 Å². The summed E-state index contributed by atoms with van der Waals surface area (Å²) in [6.07, 6.45) is 3.77. The first-order valence-electron chi connectivity index (χ1n) is 6.33. The summed E-state index contributed by atoms with van der Waals surface area (Å²) in [5.41, 5.74) is 1.42. The van der Waals surface area contributed by atoms with Gasteiger partial charge in [-0.25, -0.2) is 4.79 Å². The number of rotatable bonds is 3. The largest absolute Gasteiger partial charge is 0.478 e. The van der Waals surface area contributed by atoms with Gasteiger partial charge in [0.15, 0.2) is 0 Å². The first-order chi connectivity index (χ1) is 8.58. The van der Waals surface area contributed by atoms with Gasteiger partial charge in [0.25, 0.3) is 0 Å². The Bertz CT molecular complexity index is 447. The van der Waals surface area contributed by atoms with Crippen molar-refractivity contribution in [3.05, 3.63) is 33.8 Å². The van der Waals surface area contributed by atoms with Crippen molar-refractivity contribution in [3.63, 3.8) is 0 Å². The number of aromatic carboxylic acids is 1. The number of carbonyl (C=O) groups is 1. The highest BCUT2D eigenvalue weighted by atomic mass is 79.9. The van der Waals surface area contributed by atoms with Gasteiger partial charge in [0.2, 0.25) is 0 Å². The molecule has 18 heavy (non-hydrogen) atoms. The molecule has 1 aromatic carbocycles. The lowest BCUT2D eigenvalue weighted by atomic mass is 10.0. The molecule has 1 fully saturated rings. The van der Waals surface area contributed by atoms with E-state index >= 15 is 0 Å². The Kier molecular flexibility index (Phi) is 4.40. The van der Waals surface area contributed by atoms with Gasteiger partial charge in [0, 0.05) is 17.1 Å². The molecule has 1 saturated heterocycles. The van der Waals surface area contributed by atoms with E-state index in [0.29, 0.717) is 11.6 Å². The molecule has 0 saturated carbocycles. The summed E-state index contributed by atoms with van der Waals surface area (Å²) in [5.74, 6) is -0.865. The summed E-state index contributed by atoms with van der Waals surface area (Å²) >= 11 is 3.51. The number of hydrogen-bond donors (Lipinski definition) is 1. The van der Waals surface area contributed by atoms with E-state index in [1.165, 1.54) is 19.3 Å². The van der Waals surface area contributed by atoms with Crippen molar-refractivity contribution in [3.8, 4) is 0 Å². The van der Waals surface area contributed by atoms with E-state index in [1.54, 1.807) is 12.1 Å². The highest BCUT2D eigenvalue weighted by Crippen LogP contribution is 2.24. The molecule has 0 aliphatic carbocycles. The third-order valence-corrected chi connectivity index (χ3v) is 4.38. The van der Waals surface area contributed by atoms with E-state index < -0.39 is 5.97 Å². The molecule has 1 unspecified atom stereocenters. The Hall–Kier alpha value is -0.870. The fourth-order valence-corrected chi connectivity index (χ4v) is 2.81. The number of likely N-dealkylation sites (tertiary alicyclic amines) is 1. The monoisotopic (exact) mass is 311 g/mol. The first-order valence-corrected chi connectivity index (χ1v) is 7.13. The molecule has 3 nitrogen and oxygen atoms in total. The molecular weight excluding hydrogens is 294 g/mol. The van der Waals surface area contributed by atoms with Gasteiger partial charge >= 0.3 is 5.97 Å². The van der Waals surface area contributed by atoms with Gasteiger partial charge in [-0.05, 0) is 50.1 Å². The van der Waals surface area contributed by atoms with Gasteiger partial charge in [-0.2, -0.15) is 0 Å². The molecule has 0 spiro atoms. The van der Waals surface area contributed by atoms with Crippen LogP contribution in [-0.2, 0) is 6.54 Å². The van der Waals surface area contributed by atoms with Gasteiger partial charge in [-0.15, -0.1) is 0 Å². The van der Waals surface area contributed by atoms with E-state index in [0.717, 1.165) is 23.1 Å². The predicted octanol–water partition coefficient (Wildman–Crippen LogP) is 3.52. The van der Waals surface area contributed by atoms with Crippen LogP contribution in [-0.4, -0.2) is 28.6 Å². The van der Waals surface area contributed by atoms with Crippen LogP contribution in [0, 0.1) is 0 Å². The second-order valence-corrected chi connectivity index (χ2v) is 5.78. The van der Waals surface area contributed by atoms with Crippen LogP contribution in [0.1, 0.15) is 42.1 Å². The van der Waals surface area contributed by atoms with Crippen molar-refractivity contribution in [2.24, 2.45) is 0 Å². The number of carboxylic acids is 1. The summed E-state index contributed by atoms with van der Waals surface area (Å²) in [7, 11) is 0. The van der Waals surface area contributed by atoms with Gasteiger partial charge in [-0.3, -0.25) is 4.90 Å². The number of halogens is 1. The fraction of sp³-hybridized carbons (Fsp3) is 0.500. The number of piperidine rings is 1. The van der Waals surface area contributed by atoms with Crippen LogP contribution < -0.4 is 0 Å². The molecule has 1 aliphatic heterocycles. The molecule has 1 N–H and O–H groups in total. The zero-order valence-corrected chi connectivity index (χ0v) is 12.1. The maximum atomic E-state index is 11.0. The lowest BCUT2D eigenvalue weighted by molar-refractivity contribution is 0.0696. The summed E-state index contributed by atoms with van der Waals surface area (Å²) in [4.78, 5) is 13.4. The van der Waals surface area contributed by atoms with Crippen LogP contribution in [0.15, 0.2) is 22.7 Å². The second kappa shape index (κ2) is 5.85. The number of carboxylic acid groups (broad SMARTS) is 1. The van der Waals surface area contributed by atoms with E-state index in [1.807, 2.05) is 6.07 Å². The average molecular weight is 312 g/mol. The molecule has 1 heterocycles. The minimum absolute atomic E-state index is 0.359. The third-order valence-electron chi connectivity index (χ3n) is 3.61. The molecule has 0 amide bonds. The molecule has 0 radical (unpaired) electrons. The lowest BCUT2D eigenvalue weighted by Crippen LogP contribution is -2.36. The van der Waals surface area contributed by atoms with E-state index in [2.05, 4.69) is 27.8 Å². The molecule has 98 valence electrons. The van der Waals surface area contributed by atoms with Crippen molar-refractivity contribution >= 4 is 21.9 Å². The summed E-state index contributed by atoms with van der Waals surface area (Å²) in [6, 6.07) is 5.82. The fourth-order valence-electron chi connectivity index (χ4n) is 2.44. The minimum Gasteiger partial charge on any atom is -0.478 e. The highest BCUT2D eigenvalue weighted by molar-refractivity contribution is 9.10. The van der Waals surface area contributed by atoms with Crippen molar-refractivity contribution in [1.82, 2.24) is 4.90 Å².